The lowest BCUT2D eigenvalue weighted by atomic mass is 9.68. The number of ether oxygens (including phenoxy) is 1. The summed E-state index contributed by atoms with van der Waals surface area (Å²) in [6, 6.07) is 16.2. The molecule has 1 aliphatic carbocycles. The maximum atomic E-state index is 13.5. The summed E-state index contributed by atoms with van der Waals surface area (Å²) in [4.78, 5) is 16.0. The SMILES string of the molecule is CC1CCCCN1CCOc1ccc(NC(=O)C2(c3ccc(Cl)cc3)CCCCC2)cc1. The molecule has 1 heterocycles. The zero-order chi connectivity index (χ0) is 22.4. The monoisotopic (exact) mass is 454 g/mol. The van der Waals surface area contributed by atoms with Crippen LogP contribution >= 0.6 is 11.6 Å². The fraction of sp³-hybridized carbons (Fsp3) is 0.519. The summed E-state index contributed by atoms with van der Waals surface area (Å²) in [5.74, 6) is 0.921. The van der Waals surface area contributed by atoms with Gasteiger partial charge in [-0.25, -0.2) is 0 Å². The molecule has 0 bridgehead atoms. The van der Waals surface area contributed by atoms with Crippen molar-refractivity contribution in [2.24, 2.45) is 0 Å². The molecule has 1 amide bonds. The largest absolute Gasteiger partial charge is 0.492 e. The number of nitrogens with zero attached hydrogens (tertiary/aromatic N) is 1. The van der Waals surface area contributed by atoms with Crippen LogP contribution in [0.15, 0.2) is 48.5 Å². The number of nitrogens with one attached hydrogen (secondary N) is 1. The van der Waals surface area contributed by atoms with Crippen LogP contribution in [0.4, 0.5) is 5.69 Å². The summed E-state index contributed by atoms with van der Waals surface area (Å²) >= 11 is 6.09. The van der Waals surface area contributed by atoms with Crippen LogP contribution in [0.5, 0.6) is 5.75 Å². The number of likely N-dealkylation sites (tertiary alicyclic amines) is 1. The van der Waals surface area contributed by atoms with Gasteiger partial charge < -0.3 is 10.1 Å². The molecule has 2 aliphatic rings. The smallest absolute Gasteiger partial charge is 0.235 e. The van der Waals surface area contributed by atoms with E-state index in [9.17, 15) is 4.79 Å². The van der Waals surface area contributed by atoms with Gasteiger partial charge in [0.05, 0.1) is 5.41 Å². The molecule has 4 rings (SSSR count). The van der Waals surface area contributed by atoms with Crippen molar-refractivity contribution in [3.05, 3.63) is 59.1 Å². The minimum atomic E-state index is -0.483. The highest BCUT2D eigenvalue weighted by Crippen LogP contribution is 2.41. The lowest BCUT2D eigenvalue weighted by Crippen LogP contribution is -2.42. The Kier molecular flexibility index (Phi) is 7.75. The lowest BCUT2D eigenvalue weighted by Gasteiger charge is -2.36. The standard InChI is InChI=1S/C27H35ClN2O2/c1-21-7-3-6-18-30(21)19-20-32-25-14-12-24(13-15-25)29-26(31)27(16-4-2-5-17-27)22-8-10-23(28)11-9-22/h8-15,21H,2-7,16-20H2,1H3,(H,29,31). The van der Waals surface area contributed by atoms with Crippen LogP contribution < -0.4 is 10.1 Å². The number of amides is 1. The van der Waals surface area contributed by atoms with Gasteiger partial charge in [0.15, 0.2) is 0 Å². The molecule has 1 N–H and O–H groups in total. The second-order valence-corrected chi connectivity index (χ2v) is 9.79. The summed E-state index contributed by atoms with van der Waals surface area (Å²) in [5, 5.41) is 3.87. The predicted molar refractivity (Wildman–Crippen MR) is 132 cm³/mol. The van der Waals surface area contributed by atoms with Gasteiger partial charge in [-0.05, 0) is 81.1 Å². The third kappa shape index (κ3) is 5.47. The molecular formula is C27H35ClN2O2. The molecule has 1 saturated carbocycles. The quantitative estimate of drug-likeness (QED) is 0.523. The van der Waals surface area contributed by atoms with Crippen molar-refractivity contribution in [3.63, 3.8) is 0 Å². The van der Waals surface area contributed by atoms with Crippen molar-refractivity contribution >= 4 is 23.2 Å². The van der Waals surface area contributed by atoms with Gasteiger partial charge in [-0.15, -0.1) is 0 Å². The zero-order valence-corrected chi connectivity index (χ0v) is 19.9. The average molecular weight is 455 g/mol. The van der Waals surface area contributed by atoms with Gasteiger partial charge in [-0.3, -0.25) is 9.69 Å². The number of halogens is 1. The second-order valence-electron chi connectivity index (χ2n) is 9.36. The number of hydrogen-bond donors (Lipinski definition) is 1. The van der Waals surface area contributed by atoms with E-state index in [1.165, 1.54) is 32.2 Å². The Hall–Kier alpha value is -2.04. The minimum Gasteiger partial charge on any atom is -0.492 e. The van der Waals surface area contributed by atoms with Crippen LogP contribution in [0, 0.1) is 0 Å². The number of hydrogen-bond acceptors (Lipinski definition) is 3. The van der Waals surface area contributed by atoms with Crippen molar-refractivity contribution in [2.45, 2.75) is 69.7 Å². The predicted octanol–water partition coefficient (Wildman–Crippen LogP) is 6.43. The minimum absolute atomic E-state index is 0.0762. The van der Waals surface area contributed by atoms with Crippen molar-refractivity contribution in [1.29, 1.82) is 0 Å². The van der Waals surface area contributed by atoms with E-state index in [0.29, 0.717) is 17.7 Å². The highest BCUT2D eigenvalue weighted by Gasteiger charge is 2.41. The molecule has 1 saturated heterocycles. The van der Waals surface area contributed by atoms with Gasteiger partial charge in [0.2, 0.25) is 5.91 Å². The Labute approximate surface area is 197 Å². The van der Waals surface area contributed by atoms with Crippen LogP contribution in [-0.2, 0) is 10.2 Å². The molecule has 32 heavy (non-hydrogen) atoms. The van der Waals surface area contributed by atoms with E-state index >= 15 is 0 Å². The Morgan fingerprint density at radius 1 is 1.03 bits per heavy atom. The normalized spacial score (nSPS) is 21.1. The number of carbonyl (C=O) groups excluding carboxylic acids is 1. The first-order valence-corrected chi connectivity index (χ1v) is 12.5. The zero-order valence-electron chi connectivity index (χ0n) is 19.1. The van der Waals surface area contributed by atoms with Crippen LogP contribution in [-0.4, -0.2) is 36.5 Å². The van der Waals surface area contributed by atoms with E-state index in [0.717, 1.165) is 49.2 Å². The molecule has 172 valence electrons. The first kappa shape index (κ1) is 23.1. The Morgan fingerprint density at radius 2 is 1.75 bits per heavy atom. The molecule has 5 heteroatoms. The van der Waals surface area contributed by atoms with Gasteiger partial charge in [-0.1, -0.05) is 49.4 Å². The fourth-order valence-corrected chi connectivity index (χ4v) is 5.35. The Morgan fingerprint density at radius 3 is 2.44 bits per heavy atom. The molecule has 1 atom stereocenters. The van der Waals surface area contributed by atoms with E-state index in [2.05, 4.69) is 17.1 Å². The highest BCUT2D eigenvalue weighted by molar-refractivity contribution is 6.30. The summed E-state index contributed by atoms with van der Waals surface area (Å²) in [6.07, 6.45) is 8.97. The number of anilines is 1. The molecule has 2 aromatic rings. The molecule has 1 aliphatic heterocycles. The van der Waals surface area contributed by atoms with E-state index < -0.39 is 5.41 Å². The summed E-state index contributed by atoms with van der Waals surface area (Å²) in [7, 11) is 0. The highest BCUT2D eigenvalue weighted by atomic mass is 35.5. The van der Waals surface area contributed by atoms with E-state index in [1.807, 2.05) is 48.5 Å². The summed E-state index contributed by atoms with van der Waals surface area (Å²) in [6.45, 7) is 5.13. The van der Waals surface area contributed by atoms with Crippen LogP contribution in [0.3, 0.4) is 0 Å². The lowest BCUT2D eigenvalue weighted by molar-refractivity contribution is -0.122. The molecule has 2 aromatic carbocycles. The number of rotatable bonds is 7. The Balaban J connectivity index is 1.36. The molecule has 1 unspecified atom stereocenters. The first-order chi connectivity index (χ1) is 15.6. The molecular weight excluding hydrogens is 420 g/mol. The molecule has 0 spiro atoms. The summed E-state index contributed by atoms with van der Waals surface area (Å²) < 4.78 is 5.97. The maximum Gasteiger partial charge on any atom is 0.235 e. The van der Waals surface area contributed by atoms with E-state index in [4.69, 9.17) is 16.3 Å². The number of carbonyl (C=O) groups is 1. The van der Waals surface area contributed by atoms with Crippen molar-refractivity contribution in [1.82, 2.24) is 4.90 Å². The summed E-state index contributed by atoms with van der Waals surface area (Å²) in [5.41, 5.74) is 1.39. The maximum absolute atomic E-state index is 13.5. The van der Waals surface area contributed by atoms with Crippen molar-refractivity contribution in [3.8, 4) is 5.75 Å². The Bertz CT molecular complexity index is 876. The third-order valence-electron chi connectivity index (χ3n) is 7.24. The second kappa shape index (κ2) is 10.7. The molecule has 2 fully saturated rings. The van der Waals surface area contributed by atoms with Gasteiger partial charge >= 0.3 is 0 Å². The number of benzene rings is 2. The van der Waals surface area contributed by atoms with Gasteiger partial charge in [0, 0.05) is 23.3 Å². The first-order valence-electron chi connectivity index (χ1n) is 12.1. The van der Waals surface area contributed by atoms with Crippen LogP contribution in [0.2, 0.25) is 5.02 Å². The topological polar surface area (TPSA) is 41.6 Å². The van der Waals surface area contributed by atoms with E-state index in [-0.39, 0.29) is 5.91 Å². The van der Waals surface area contributed by atoms with Crippen LogP contribution in [0.25, 0.3) is 0 Å². The molecule has 0 radical (unpaired) electrons. The third-order valence-corrected chi connectivity index (χ3v) is 7.49. The molecule has 4 nitrogen and oxygen atoms in total. The average Bonchev–Trinajstić information content (AvgIpc) is 2.82. The molecule has 0 aromatic heterocycles. The van der Waals surface area contributed by atoms with E-state index in [1.54, 1.807) is 0 Å². The number of piperidine rings is 1. The van der Waals surface area contributed by atoms with Gasteiger partial charge in [0.1, 0.15) is 12.4 Å². The van der Waals surface area contributed by atoms with Gasteiger partial charge in [-0.2, -0.15) is 0 Å². The van der Waals surface area contributed by atoms with Crippen molar-refractivity contribution in [2.75, 3.05) is 25.0 Å². The fourth-order valence-electron chi connectivity index (χ4n) is 5.23. The van der Waals surface area contributed by atoms with Gasteiger partial charge in [0.25, 0.3) is 0 Å². The van der Waals surface area contributed by atoms with Crippen LogP contribution in [0.1, 0.15) is 63.9 Å². The van der Waals surface area contributed by atoms with Crippen molar-refractivity contribution < 1.29 is 9.53 Å².